The average Bonchev–Trinajstić information content (AvgIpc) is 3.83. The summed E-state index contributed by atoms with van der Waals surface area (Å²) >= 11 is 0. The van der Waals surface area contributed by atoms with Crippen LogP contribution < -0.4 is 0 Å². The van der Waals surface area contributed by atoms with Crippen LogP contribution in [0.5, 0.6) is 0 Å². The minimum Gasteiger partial charge on any atom is -0.0642 e. The van der Waals surface area contributed by atoms with E-state index in [1.807, 2.05) is 0 Å². The van der Waals surface area contributed by atoms with Crippen LogP contribution in [-0.4, -0.2) is 0 Å². The SMILES string of the molecule is CCC1(CC)c2ccccc2-c2ccc(-c3ccc4c(c3)-c3cccc5c(-c6ccc7c(c6)C(CC)(CC)c6ccccc6-7)c6ccccc6c-4c35)cc21. The summed E-state index contributed by atoms with van der Waals surface area (Å²) in [5.74, 6) is 0. The summed E-state index contributed by atoms with van der Waals surface area (Å²) in [6.07, 6.45) is 4.38. The van der Waals surface area contributed by atoms with Crippen LogP contribution in [0.3, 0.4) is 0 Å². The Labute approximate surface area is 319 Å². The summed E-state index contributed by atoms with van der Waals surface area (Å²) in [7, 11) is 0. The van der Waals surface area contributed by atoms with Crippen LogP contribution in [0.15, 0.2) is 146 Å². The Kier molecular flexibility index (Phi) is 6.70. The van der Waals surface area contributed by atoms with Gasteiger partial charge in [0.15, 0.2) is 0 Å². The minimum atomic E-state index is 0.0352. The zero-order chi connectivity index (χ0) is 36.3. The lowest BCUT2D eigenvalue weighted by atomic mass is 9.73. The molecule has 0 saturated carbocycles. The molecule has 8 aromatic rings. The molecule has 0 fully saturated rings. The van der Waals surface area contributed by atoms with Crippen molar-refractivity contribution in [1.29, 1.82) is 0 Å². The third kappa shape index (κ3) is 3.89. The van der Waals surface area contributed by atoms with Crippen LogP contribution in [0.1, 0.15) is 75.6 Å². The van der Waals surface area contributed by atoms with Crippen molar-refractivity contribution < 1.29 is 0 Å². The van der Waals surface area contributed by atoms with Crippen molar-refractivity contribution in [2.75, 3.05) is 0 Å². The van der Waals surface area contributed by atoms with Crippen LogP contribution in [0.2, 0.25) is 0 Å². The molecule has 8 aromatic carbocycles. The largest absolute Gasteiger partial charge is 0.0642 e. The molecular formula is C54H44. The Hall–Kier alpha value is -5.72. The summed E-state index contributed by atoms with van der Waals surface area (Å²) < 4.78 is 0. The third-order valence-corrected chi connectivity index (χ3v) is 14.2. The minimum absolute atomic E-state index is 0.0352. The maximum absolute atomic E-state index is 2.55. The molecule has 260 valence electrons. The van der Waals surface area contributed by atoms with Crippen molar-refractivity contribution in [3.63, 3.8) is 0 Å². The Bertz CT molecular complexity index is 2870. The molecule has 0 spiro atoms. The molecule has 0 saturated heterocycles. The van der Waals surface area contributed by atoms with Gasteiger partial charge in [-0.15, -0.1) is 0 Å². The highest BCUT2D eigenvalue weighted by atomic mass is 14.4. The van der Waals surface area contributed by atoms with E-state index in [-0.39, 0.29) is 10.8 Å². The predicted octanol–water partition coefficient (Wildman–Crippen LogP) is 15.1. The van der Waals surface area contributed by atoms with Crippen molar-refractivity contribution in [2.45, 2.75) is 64.2 Å². The van der Waals surface area contributed by atoms with E-state index in [9.17, 15) is 0 Å². The molecule has 3 aliphatic carbocycles. The van der Waals surface area contributed by atoms with E-state index >= 15 is 0 Å². The second-order valence-electron chi connectivity index (χ2n) is 16.0. The average molecular weight is 693 g/mol. The quantitative estimate of drug-likeness (QED) is 0.152. The second-order valence-corrected chi connectivity index (χ2v) is 16.0. The zero-order valence-corrected chi connectivity index (χ0v) is 31.7. The van der Waals surface area contributed by atoms with E-state index in [1.54, 1.807) is 0 Å². The highest BCUT2D eigenvalue weighted by Gasteiger charge is 2.42. The van der Waals surface area contributed by atoms with E-state index in [4.69, 9.17) is 0 Å². The van der Waals surface area contributed by atoms with Crippen LogP contribution in [0.4, 0.5) is 0 Å². The topological polar surface area (TPSA) is 0 Å². The summed E-state index contributed by atoms with van der Waals surface area (Å²) in [5.41, 5.74) is 22.3. The van der Waals surface area contributed by atoms with Gasteiger partial charge in [-0.3, -0.25) is 0 Å². The van der Waals surface area contributed by atoms with E-state index in [0.717, 1.165) is 25.7 Å². The lowest BCUT2D eigenvalue weighted by molar-refractivity contribution is 0.490. The van der Waals surface area contributed by atoms with Crippen LogP contribution in [-0.2, 0) is 10.8 Å². The normalized spacial score (nSPS) is 14.9. The molecular weight excluding hydrogens is 649 g/mol. The van der Waals surface area contributed by atoms with E-state index in [0.29, 0.717) is 0 Å². The molecule has 0 nitrogen and oxygen atoms in total. The molecule has 0 unspecified atom stereocenters. The summed E-state index contributed by atoms with van der Waals surface area (Å²) in [6, 6.07) is 56.2. The molecule has 3 aliphatic rings. The molecule has 0 aliphatic heterocycles. The highest BCUT2D eigenvalue weighted by Crippen LogP contribution is 2.58. The molecule has 54 heavy (non-hydrogen) atoms. The highest BCUT2D eigenvalue weighted by molar-refractivity contribution is 6.29. The number of hydrogen-bond acceptors (Lipinski definition) is 0. The summed E-state index contributed by atoms with van der Waals surface area (Å²) in [4.78, 5) is 0. The van der Waals surface area contributed by atoms with Gasteiger partial charge in [0.2, 0.25) is 0 Å². The molecule has 0 heterocycles. The van der Waals surface area contributed by atoms with Crippen molar-refractivity contribution in [3.8, 4) is 66.8 Å². The molecule has 0 heteroatoms. The second kappa shape index (κ2) is 11.4. The van der Waals surface area contributed by atoms with Crippen LogP contribution in [0.25, 0.3) is 88.3 Å². The monoisotopic (exact) mass is 692 g/mol. The van der Waals surface area contributed by atoms with Crippen molar-refractivity contribution in [2.24, 2.45) is 0 Å². The lowest BCUT2D eigenvalue weighted by Crippen LogP contribution is -2.23. The smallest absolute Gasteiger partial charge is 0.0210 e. The van der Waals surface area contributed by atoms with Gasteiger partial charge in [-0.1, -0.05) is 155 Å². The lowest BCUT2D eigenvalue weighted by Gasteiger charge is -2.30. The van der Waals surface area contributed by atoms with Crippen LogP contribution >= 0.6 is 0 Å². The number of benzene rings is 8. The first-order chi connectivity index (χ1) is 26.6. The first-order valence-corrected chi connectivity index (χ1v) is 20.2. The molecule has 0 amide bonds. The van der Waals surface area contributed by atoms with Crippen molar-refractivity contribution in [3.05, 3.63) is 168 Å². The van der Waals surface area contributed by atoms with E-state index in [2.05, 4.69) is 173 Å². The van der Waals surface area contributed by atoms with Gasteiger partial charge in [0.05, 0.1) is 0 Å². The summed E-state index contributed by atoms with van der Waals surface area (Å²) in [6.45, 7) is 9.46. The molecule has 0 N–H and O–H groups in total. The van der Waals surface area contributed by atoms with E-state index < -0.39 is 0 Å². The number of hydrogen-bond donors (Lipinski definition) is 0. The fraction of sp³-hybridized carbons (Fsp3) is 0.185. The van der Waals surface area contributed by atoms with Gasteiger partial charge < -0.3 is 0 Å². The van der Waals surface area contributed by atoms with Gasteiger partial charge in [-0.2, -0.15) is 0 Å². The molecule has 11 rings (SSSR count). The first kappa shape index (κ1) is 31.8. The molecule has 0 atom stereocenters. The Morgan fingerprint density at radius 2 is 0.759 bits per heavy atom. The predicted molar refractivity (Wildman–Crippen MR) is 230 cm³/mol. The zero-order valence-electron chi connectivity index (χ0n) is 31.7. The van der Waals surface area contributed by atoms with Crippen LogP contribution in [0, 0.1) is 0 Å². The fourth-order valence-electron chi connectivity index (χ4n) is 11.5. The molecule has 0 radical (unpaired) electrons. The maximum atomic E-state index is 2.55. The third-order valence-electron chi connectivity index (χ3n) is 14.2. The van der Waals surface area contributed by atoms with Gasteiger partial charge >= 0.3 is 0 Å². The molecule has 0 aromatic heterocycles. The first-order valence-electron chi connectivity index (χ1n) is 20.2. The van der Waals surface area contributed by atoms with E-state index in [1.165, 1.54) is 111 Å². The van der Waals surface area contributed by atoms with Crippen molar-refractivity contribution in [1.82, 2.24) is 0 Å². The van der Waals surface area contributed by atoms with Crippen molar-refractivity contribution >= 4 is 21.5 Å². The maximum Gasteiger partial charge on any atom is 0.0210 e. The Balaban J connectivity index is 1.10. The Morgan fingerprint density at radius 1 is 0.315 bits per heavy atom. The number of fused-ring (bicyclic) bond motifs is 11. The van der Waals surface area contributed by atoms with Gasteiger partial charge in [0, 0.05) is 10.8 Å². The van der Waals surface area contributed by atoms with Gasteiger partial charge in [0.25, 0.3) is 0 Å². The Morgan fingerprint density at radius 3 is 1.37 bits per heavy atom. The number of rotatable bonds is 6. The van der Waals surface area contributed by atoms with Gasteiger partial charge in [0.1, 0.15) is 0 Å². The summed E-state index contributed by atoms with van der Waals surface area (Å²) in [5, 5.41) is 5.40. The standard InChI is InChI=1S/C54H44/c1-5-53(6-2)46-22-13-11-16-36(46)38-27-24-34(31-48(38)53)33-25-29-43-45(30-33)42-20-15-21-44-50(40-18-9-10-19-41(40)51(43)52(42)44)35-26-28-39-37-17-12-14-23-47(37)54(7-3,8-4)49(39)32-35/h9-32H,5-8H2,1-4H3. The molecule has 0 bridgehead atoms. The van der Waals surface area contributed by atoms with Gasteiger partial charge in [-0.05, 0) is 154 Å². The van der Waals surface area contributed by atoms with Gasteiger partial charge in [-0.25, -0.2) is 0 Å². The fourth-order valence-corrected chi connectivity index (χ4v) is 11.5.